The molecule has 0 fully saturated rings. The van der Waals surface area contributed by atoms with E-state index in [1.54, 1.807) is 26.0 Å². The van der Waals surface area contributed by atoms with Gasteiger partial charge in [-0.2, -0.15) is 0 Å². The number of aromatic nitrogens is 2. The van der Waals surface area contributed by atoms with Crippen LogP contribution in [0.1, 0.15) is 20.8 Å². The smallest absolute Gasteiger partial charge is 0.268 e. The van der Waals surface area contributed by atoms with Crippen molar-refractivity contribution < 1.29 is 4.79 Å². The van der Waals surface area contributed by atoms with Crippen LogP contribution < -0.4 is 11.1 Å². The lowest BCUT2D eigenvalue weighted by molar-refractivity contribution is 0.0969. The van der Waals surface area contributed by atoms with Crippen LogP contribution in [0.15, 0.2) is 25.5 Å². The number of rotatable bonds is 3. The third kappa shape index (κ3) is 2.76. The SMILES string of the molecule is Cc1c(C)c(=O)n(CC(=O)c2ccc(Br)s2)[nH]c1=O. The maximum atomic E-state index is 12.0. The van der Waals surface area contributed by atoms with Gasteiger partial charge in [0.2, 0.25) is 0 Å². The van der Waals surface area contributed by atoms with Gasteiger partial charge in [-0.1, -0.05) is 0 Å². The second-order valence-electron chi connectivity index (χ2n) is 4.11. The summed E-state index contributed by atoms with van der Waals surface area (Å²) in [6.45, 7) is 3.00. The first-order valence-corrected chi connectivity index (χ1v) is 7.10. The standard InChI is InChI=1S/C12H11BrN2O3S/c1-6-7(2)12(18)15(14-11(6)17)5-8(16)9-3-4-10(13)19-9/h3-4H,5H2,1-2H3,(H,14,17). The fourth-order valence-electron chi connectivity index (χ4n) is 1.59. The molecule has 2 heterocycles. The number of hydrogen-bond acceptors (Lipinski definition) is 4. The molecule has 0 saturated carbocycles. The van der Waals surface area contributed by atoms with E-state index in [0.29, 0.717) is 16.0 Å². The van der Waals surface area contributed by atoms with Gasteiger partial charge in [-0.3, -0.25) is 19.5 Å². The molecule has 0 spiro atoms. The normalized spacial score (nSPS) is 10.7. The van der Waals surface area contributed by atoms with E-state index in [1.165, 1.54) is 11.3 Å². The van der Waals surface area contributed by atoms with Gasteiger partial charge in [0.25, 0.3) is 11.1 Å². The Kier molecular flexibility index (Phi) is 3.86. The molecular weight excluding hydrogens is 332 g/mol. The van der Waals surface area contributed by atoms with Crippen LogP contribution in [0.5, 0.6) is 0 Å². The minimum atomic E-state index is -0.350. The molecule has 0 aliphatic rings. The van der Waals surface area contributed by atoms with E-state index in [0.717, 1.165) is 8.47 Å². The first kappa shape index (κ1) is 14.0. The molecular formula is C12H11BrN2O3S. The molecule has 1 N–H and O–H groups in total. The topological polar surface area (TPSA) is 71.9 Å². The summed E-state index contributed by atoms with van der Waals surface area (Å²) in [6, 6.07) is 3.45. The Morgan fingerprint density at radius 1 is 1.32 bits per heavy atom. The van der Waals surface area contributed by atoms with Gasteiger partial charge in [-0.25, -0.2) is 4.68 Å². The molecule has 2 rings (SSSR count). The van der Waals surface area contributed by atoms with E-state index in [2.05, 4.69) is 21.0 Å². The first-order valence-electron chi connectivity index (χ1n) is 5.49. The molecule has 100 valence electrons. The molecule has 5 nitrogen and oxygen atoms in total. The summed E-state index contributed by atoms with van der Waals surface area (Å²) in [5, 5.41) is 2.41. The van der Waals surface area contributed by atoms with Crippen LogP contribution in [-0.2, 0) is 6.54 Å². The van der Waals surface area contributed by atoms with Gasteiger partial charge in [0, 0.05) is 11.1 Å². The Labute approximate surface area is 121 Å². The van der Waals surface area contributed by atoms with E-state index < -0.39 is 0 Å². The maximum absolute atomic E-state index is 12.0. The van der Waals surface area contributed by atoms with Gasteiger partial charge in [0.15, 0.2) is 5.78 Å². The van der Waals surface area contributed by atoms with Crippen molar-refractivity contribution in [2.45, 2.75) is 20.4 Å². The average molecular weight is 343 g/mol. The van der Waals surface area contributed by atoms with E-state index in [9.17, 15) is 14.4 Å². The highest BCUT2D eigenvalue weighted by Crippen LogP contribution is 2.22. The van der Waals surface area contributed by atoms with E-state index in [4.69, 9.17) is 0 Å². The number of nitrogens with zero attached hydrogens (tertiary/aromatic N) is 1. The minimum Gasteiger partial charge on any atom is -0.291 e. The minimum absolute atomic E-state index is 0.165. The fraction of sp³-hybridized carbons (Fsp3) is 0.250. The number of halogens is 1. The van der Waals surface area contributed by atoms with Gasteiger partial charge in [-0.15, -0.1) is 11.3 Å². The van der Waals surface area contributed by atoms with E-state index in [-0.39, 0.29) is 23.4 Å². The predicted octanol–water partition coefficient (Wildman–Crippen LogP) is 1.86. The second kappa shape index (κ2) is 5.26. The molecule has 7 heteroatoms. The van der Waals surface area contributed by atoms with Crippen molar-refractivity contribution in [1.82, 2.24) is 9.78 Å². The van der Waals surface area contributed by atoms with Crippen LogP contribution in [0.3, 0.4) is 0 Å². The van der Waals surface area contributed by atoms with Crippen LogP contribution in [0.25, 0.3) is 0 Å². The molecule has 0 radical (unpaired) electrons. The molecule has 0 aromatic carbocycles. The van der Waals surface area contributed by atoms with Crippen molar-refractivity contribution in [3.8, 4) is 0 Å². The number of hydrogen-bond donors (Lipinski definition) is 1. The van der Waals surface area contributed by atoms with Crippen LogP contribution in [0, 0.1) is 13.8 Å². The Morgan fingerprint density at radius 3 is 2.58 bits per heavy atom. The van der Waals surface area contributed by atoms with Gasteiger partial charge in [0.05, 0.1) is 8.66 Å². The Hall–Kier alpha value is -1.47. The monoisotopic (exact) mass is 342 g/mol. The Morgan fingerprint density at radius 2 is 2.00 bits per heavy atom. The molecule has 0 saturated heterocycles. The van der Waals surface area contributed by atoms with Crippen LogP contribution >= 0.6 is 27.3 Å². The quantitative estimate of drug-likeness (QED) is 0.865. The lowest BCUT2D eigenvalue weighted by atomic mass is 10.2. The van der Waals surface area contributed by atoms with Crippen LogP contribution in [0.4, 0.5) is 0 Å². The summed E-state index contributed by atoms with van der Waals surface area (Å²) in [5.41, 5.74) is 0.0507. The number of carbonyl (C=O) groups excluding carboxylic acids is 1. The van der Waals surface area contributed by atoms with E-state index >= 15 is 0 Å². The van der Waals surface area contributed by atoms with E-state index in [1.807, 2.05) is 0 Å². The number of Topliss-reactive ketones (excluding diaryl/α,β-unsaturated/α-hetero) is 1. The lowest BCUT2D eigenvalue weighted by Gasteiger charge is -2.06. The zero-order valence-electron chi connectivity index (χ0n) is 10.3. The number of H-pyrrole nitrogens is 1. The summed E-state index contributed by atoms with van der Waals surface area (Å²) in [5.74, 6) is -0.211. The van der Waals surface area contributed by atoms with Crippen molar-refractivity contribution in [2.75, 3.05) is 0 Å². The third-order valence-corrected chi connectivity index (χ3v) is 4.52. The molecule has 0 aliphatic heterocycles. The molecule has 2 aromatic heterocycles. The summed E-state index contributed by atoms with van der Waals surface area (Å²) < 4.78 is 1.90. The maximum Gasteiger partial charge on any atom is 0.268 e. The molecule has 2 aromatic rings. The third-order valence-electron chi connectivity index (χ3n) is 2.86. The largest absolute Gasteiger partial charge is 0.291 e. The lowest BCUT2D eigenvalue weighted by Crippen LogP contribution is -2.35. The summed E-state index contributed by atoms with van der Waals surface area (Å²) in [7, 11) is 0. The number of aromatic amines is 1. The van der Waals surface area contributed by atoms with Gasteiger partial charge in [-0.05, 0) is 41.9 Å². The Balaban J connectivity index is 2.37. The molecule has 19 heavy (non-hydrogen) atoms. The zero-order valence-corrected chi connectivity index (χ0v) is 12.7. The van der Waals surface area contributed by atoms with Crippen LogP contribution in [0.2, 0.25) is 0 Å². The number of nitrogens with one attached hydrogen (secondary N) is 1. The summed E-state index contributed by atoms with van der Waals surface area (Å²) >= 11 is 4.57. The Bertz CT molecular complexity index is 757. The molecule has 0 bridgehead atoms. The van der Waals surface area contributed by atoms with Crippen molar-refractivity contribution >= 4 is 33.0 Å². The molecule has 0 aliphatic carbocycles. The van der Waals surface area contributed by atoms with Gasteiger partial charge < -0.3 is 0 Å². The molecule has 0 unspecified atom stereocenters. The molecule has 0 atom stereocenters. The highest BCUT2D eigenvalue weighted by Gasteiger charge is 2.13. The van der Waals surface area contributed by atoms with Gasteiger partial charge in [0.1, 0.15) is 6.54 Å². The highest BCUT2D eigenvalue weighted by atomic mass is 79.9. The zero-order chi connectivity index (χ0) is 14.2. The van der Waals surface area contributed by atoms with Crippen molar-refractivity contribution in [1.29, 1.82) is 0 Å². The second-order valence-corrected chi connectivity index (χ2v) is 6.57. The summed E-state index contributed by atoms with van der Waals surface area (Å²) in [6.07, 6.45) is 0. The van der Waals surface area contributed by atoms with Crippen LogP contribution in [-0.4, -0.2) is 15.6 Å². The number of thiophene rings is 1. The number of ketones is 1. The number of carbonyl (C=O) groups is 1. The van der Waals surface area contributed by atoms with Crippen molar-refractivity contribution in [3.05, 3.63) is 52.6 Å². The van der Waals surface area contributed by atoms with Crippen molar-refractivity contribution in [3.63, 3.8) is 0 Å². The predicted molar refractivity (Wildman–Crippen MR) is 77.1 cm³/mol. The highest BCUT2D eigenvalue weighted by molar-refractivity contribution is 9.11. The fourth-order valence-corrected chi connectivity index (χ4v) is 2.90. The van der Waals surface area contributed by atoms with Gasteiger partial charge >= 0.3 is 0 Å². The first-order chi connectivity index (χ1) is 8.90. The average Bonchev–Trinajstić information content (AvgIpc) is 2.80. The molecule has 0 amide bonds. The van der Waals surface area contributed by atoms with Crippen molar-refractivity contribution in [2.24, 2.45) is 0 Å². The summed E-state index contributed by atoms with van der Waals surface area (Å²) in [4.78, 5) is 36.1.